The van der Waals surface area contributed by atoms with Gasteiger partial charge in [-0.25, -0.2) is 0 Å². The standard InChI is InChI=1S/C12H23NO3/c1-11(2)7-5-8-12(3,4)13(11)16-9-6-10(14)15/h5-9H2,1-4H3,(H,14,15). The summed E-state index contributed by atoms with van der Waals surface area (Å²) in [6.07, 6.45) is 3.43. The summed E-state index contributed by atoms with van der Waals surface area (Å²) in [5, 5.41) is 10.6. The Labute approximate surface area is 97.5 Å². The molecule has 16 heavy (non-hydrogen) atoms. The fourth-order valence-corrected chi connectivity index (χ4v) is 2.55. The lowest BCUT2D eigenvalue weighted by Gasteiger charge is -2.51. The molecular formula is C12H23NO3. The van der Waals surface area contributed by atoms with E-state index in [1.165, 1.54) is 6.42 Å². The molecule has 0 aromatic rings. The summed E-state index contributed by atoms with van der Waals surface area (Å²) in [6, 6.07) is 0. The highest BCUT2D eigenvalue weighted by Crippen LogP contribution is 2.38. The van der Waals surface area contributed by atoms with Gasteiger partial charge in [0.2, 0.25) is 0 Å². The SMILES string of the molecule is CC1(C)CCCC(C)(C)N1OCCC(=O)O. The molecule has 0 bridgehead atoms. The molecule has 0 atom stereocenters. The fourth-order valence-electron chi connectivity index (χ4n) is 2.55. The van der Waals surface area contributed by atoms with Crippen LogP contribution in [-0.2, 0) is 9.63 Å². The first-order valence-electron chi connectivity index (χ1n) is 5.91. The molecule has 94 valence electrons. The molecule has 4 heteroatoms. The van der Waals surface area contributed by atoms with Gasteiger partial charge in [0, 0.05) is 11.1 Å². The Morgan fingerprint density at radius 3 is 2.19 bits per heavy atom. The zero-order valence-electron chi connectivity index (χ0n) is 10.7. The molecular weight excluding hydrogens is 206 g/mol. The summed E-state index contributed by atoms with van der Waals surface area (Å²) in [7, 11) is 0. The van der Waals surface area contributed by atoms with Crippen molar-refractivity contribution in [2.45, 2.75) is 64.5 Å². The summed E-state index contributed by atoms with van der Waals surface area (Å²) in [4.78, 5) is 16.1. The number of carboxylic acid groups (broad SMARTS) is 1. The molecule has 0 saturated carbocycles. The number of nitrogens with zero attached hydrogens (tertiary/aromatic N) is 1. The molecule has 1 fully saturated rings. The van der Waals surface area contributed by atoms with E-state index in [0.717, 1.165) is 12.8 Å². The van der Waals surface area contributed by atoms with Crippen molar-refractivity contribution >= 4 is 5.97 Å². The van der Waals surface area contributed by atoms with Crippen molar-refractivity contribution in [1.82, 2.24) is 5.06 Å². The van der Waals surface area contributed by atoms with E-state index in [0.29, 0.717) is 0 Å². The first-order valence-corrected chi connectivity index (χ1v) is 5.91. The molecule has 1 aliphatic heterocycles. The maximum absolute atomic E-state index is 10.5. The number of aliphatic carboxylic acids is 1. The maximum Gasteiger partial charge on any atom is 0.305 e. The predicted octanol–water partition coefficient (Wildman–Crippen LogP) is 2.44. The Morgan fingerprint density at radius 2 is 1.75 bits per heavy atom. The fraction of sp³-hybridized carbons (Fsp3) is 0.917. The molecule has 0 aliphatic carbocycles. The summed E-state index contributed by atoms with van der Waals surface area (Å²) in [5.41, 5.74) is -0.0273. The minimum atomic E-state index is -0.812. The van der Waals surface area contributed by atoms with Gasteiger partial charge in [-0.3, -0.25) is 9.63 Å². The first kappa shape index (κ1) is 13.5. The molecule has 1 aliphatic rings. The van der Waals surface area contributed by atoms with Gasteiger partial charge in [0.15, 0.2) is 0 Å². The second kappa shape index (κ2) is 4.72. The summed E-state index contributed by atoms with van der Waals surface area (Å²) < 4.78 is 0. The second-order valence-corrected chi connectivity index (χ2v) is 5.75. The van der Waals surface area contributed by atoms with Gasteiger partial charge in [-0.2, -0.15) is 5.06 Å². The van der Waals surface area contributed by atoms with Gasteiger partial charge in [-0.15, -0.1) is 0 Å². The quantitative estimate of drug-likeness (QED) is 0.804. The maximum atomic E-state index is 10.5. The van der Waals surface area contributed by atoms with Crippen LogP contribution < -0.4 is 0 Å². The predicted molar refractivity (Wildman–Crippen MR) is 62.1 cm³/mol. The molecule has 0 aromatic heterocycles. The largest absolute Gasteiger partial charge is 0.481 e. The van der Waals surface area contributed by atoms with Crippen molar-refractivity contribution < 1.29 is 14.7 Å². The van der Waals surface area contributed by atoms with E-state index in [9.17, 15) is 4.79 Å². The molecule has 0 spiro atoms. The van der Waals surface area contributed by atoms with E-state index in [4.69, 9.17) is 9.94 Å². The van der Waals surface area contributed by atoms with E-state index in [-0.39, 0.29) is 24.1 Å². The number of piperidine rings is 1. The van der Waals surface area contributed by atoms with Crippen molar-refractivity contribution in [2.75, 3.05) is 6.61 Å². The van der Waals surface area contributed by atoms with Crippen molar-refractivity contribution in [3.63, 3.8) is 0 Å². The van der Waals surface area contributed by atoms with Gasteiger partial charge in [-0.05, 0) is 47.0 Å². The average molecular weight is 229 g/mol. The average Bonchev–Trinajstić information content (AvgIpc) is 2.08. The van der Waals surface area contributed by atoms with E-state index in [2.05, 4.69) is 27.7 Å². The molecule has 0 aromatic carbocycles. The van der Waals surface area contributed by atoms with Gasteiger partial charge in [0.1, 0.15) is 0 Å². The van der Waals surface area contributed by atoms with Crippen LogP contribution in [0.1, 0.15) is 53.4 Å². The Morgan fingerprint density at radius 1 is 1.25 bits per heavy atom. The lowest BCUT2D eigenvalue weighted by atomic mass is 9.82. The number of hydroxylamine groups is 2. The van der Waals surface area contributed by atoms with Gasteiger partial charge >= 0.3 is 5.97 Å². The van der Waals surface area contributed by atoms with E-state index in [1.807, 2.05) is 5.06 Å². The molecule has 1 N–H and O–H groups in total. The Balaban J connectivity index is 2.60. The van der Waals surface area contributed by atoms with Gasteiger partial charge < -0.3 is 5.11 Å². The smallest absolute Gasteiger partial charge is 0.305 e. The van der Waals surface area contributed by atoms with Crippen molar-refractivity contribution in [3.05, 3.63) is 0 Å². The molecule has 1 rings (SSSR count). The minimum Gasteiger partial charge on any atom is -0.481 e. The van der Waals surface area contributed by atoms with Crippen LogP contribution in [-0.4, -0.2) is 33.8 Å². The number of hydrogen-bond acceptors (Lipinski definition) is 3. The monoisotopic (exact) mass is 229 g/mol. The summed E-state index contributed by atoms with van der Waals surface area (Å²) >= 11 is 0. The zero-order chi connectivity index (χ0) is 12.4. The van der Waals surface area contributed by atoms with Crippen molar-refractivity contribution in [3.8, 4) is 0 Å². The molecule has 1 heterocycles. The minimum absolute atomic E-state index is 0.0136. The van der Waals surface area contributed by atoms with E-state index < -0.39 is 5.97 Å². The normalized spacial score (nSPS) is 24.2. The lowest BCUT2D eigenvalue weighted by Crippen LogP contribution is -2.58. The van der Waals surface area contributed by atoms with Gasteiger partial charge in [0.05, 0.1) is 13.0 Å². The topological polar surface area (TPSA) is 49.8 Å². The lowest BCUT2D eigenvalue weighted by molar-refractivity contribution is -0.280. The summed E-state index contributed by atoms with van der Waals surface area (Å²) in [5.74, 6) is -0.812. The van der Waals surface area contributed by atoms with Crippen LogP contribution in [0, 0.1) is 0 Å². The van der Waals surface area contributed by atoms with Crippen LogP contribution in [0.4, 0.5) is 0 Å². The summed E-state index contributed by atoms with van der Waals surface area (Å²) in [6.45, 7) is 8.84. The van der Waals surface area contributed by atoms with E-state index >= 15 is 0 Å². The van der Waals surface area contributed by atoms with Gasteiger partial charge in [-0.1, -0.05) is 0 Å². The van der Waals surface area contributed by atoms with Crippen LogP contribution in [0.25, 0.3) is 0 Å². The molecule has 4 nitrogen and oxygen atoms in total. The molecule has 0 amide bonds. The van der Waals surface area contributed by atoms with Crippen LogP contribution in [0.3, 0.4) is 0 Å². The zero-order valence-corrected chi connectivity index (χ0v) is 10.7. The molecule has 0 radical (unpaired) electrons. The Bertz CT molecular complexity index is 245. The first-order chi connectivity index (χ1) is 7.26. The molecule has 0 unspecified atom stereocenters. The van der Waals surface area contributed by atoms with Crippen LogP contribution in [0.15, 0.2) is 0 Å². The number of rotatable bonds is 4. The highest BCUT2D eigenvalue weighted by atomic mass is 16.7. The van der Waals surface area contributed by atoms with Crippen molar-refractivity contribution in [1.29, 1.82) is 0 Å². The number of carbonyl (C=O) groups is 1. The molecule has 1 saturated heterocycles. The second-order valence-electron chi connectivity index (χ2n) is 5.75. The number of carboxylic acids is 1. The van der Waals surface area contributed by atoms with Crippen LogP contribution in [0.2, 0.25) is 0 Å². The van der Waals surface area contributed by atoms with Crippen LogP contribution >= 0.6 is 0 Å². The highest BCUT2D eigenvalue weighted by molar-refractivity contribution is 5.66. The number of hydrogen-bond donors (Lipinski definition) is 1. The highest BCUT2D eigenvalue weighted by Gasteiger charge is 2.42. The van der Waals surface area contributed by atoms with Gasteiger partial charge in [0.25, 0.3) is 0 Å². The van der Waals surface area contributed by atoms with E-state index in [1.54, 1.807) is 0 Å². The Kier molecular flexibility index (Phi) is 3.97. The van der Waals surface area contributed by atoms with Crippen LogP contribution in [0.5, 0.6) is 0 Å². The van der Waals surface area contributed by atoms with Crippen molar-refractivity contribution in [2.24, 2.45) is 0 Å². The third-order valence-corrected chi connectivity index (χ3v) is 3.21. The third-order valence-electron chi connectivity index (χ3n) is 3.21. The Hall–Kier alpha value is -0.610. The third kappa shape index (κ3) is 3.19.